The maximum atomic E-state index is 12.7. The first-order chi connectivity index (χ1) is 12.9. The Bertz CT molecular complexity index is 910. The largest absolute Gasteiger partial charge is 0.478 e. The van der Waals surface area contributed by atoms with E-state index in [1.807, 2.05) is 26.0 Å². The van der Waals surface area contributed by atoms with Crippen molar-refractivity contribution >= 4 is 33.9 Å². The van der Waals surface area contributed by atoms with Crippen molar-refractivity contribution in [1.82, 2.24) is 4.98 Å². The van der Waals surface area contributed by atoms with Crippen LogP contribution in [0.25, 0.3) is 0 Å². The smallest absolute Gasteiger partial charge is 0.335 e. The van der Waals surface area contributed by atoms with Crippen LogP contribution in [0.2, 0.25) is 0 Å². The molecule has 1 heterocycles. The molecule has 1 N–H and O–H groups in total. The second-order valence-corrected chi connectivity index (χ2v) is 10.1. The quantitative estimate of drug-likeness (QED) is 0.750. The molecule has 0 atom stereocenters. The van der Waals surface area contributed by atoms with E-state index in [1.54, 1.807) is 23.5 Å². The predicted molar refractivity (Wildman–Crippen MR) is 113 cm³/mol. The van der Waals surface area contributed by atoms with Gasteiger partial charge < -0.3 is 10.0 Å². The van der Waals surface area contributed by atoms with Gasteiger partial charge in [-0.25, -0.2) is 9.78 Å². The predicted octanol–water partition coefficient (Wildman–Crippen LogP) is 5.16. The Labute approximate surface area is 170 Å². The standard InChI is InChI=1S/C22H28N2O3S/c1-13(2)12-24(15-9-7-14(8-10-15)19(26)27)20-23-17-18(28-20)21(3,4)11-16(25)22(17,5)6/h7-10,13H,11-12H2,1-6H3,(H,26,27). The maximum Gasteiger partial charge on any atom is 0.335 e. The lowest BCUT2D eigenvalue weighted by molar-refractivity contribution is -0.125. The molecule has 1 aromatic carbocycles. The lowest BCUT2D eigenvalue weighted by Gasteiger charge is -2.36. The van der Waals surface area contributed by atoms with Crippen LogP contribution in [0.1, 0.15) is 68.9 Å². The summed E-state index contributed by atoms with van der Waals surface area (Å²) in [6.07, 6.45) is 0.520. The third-order valence-corrected chi connectivity index (χ3v) is 6.77. The Balaban J connectivity index is 2.10. The number of carboxylic acid groups (broad SMARTS) is 1. The molecule has 1 aliphatic carbocycles. The number of hydrogen-bond acceptors (Lipinski definition) is 5. The van der Waals surface area contributed by atoms with Gasteiger partial charge in [0.05, 0.1) is 16.7 Å². The molecule has 0 saturated heterocycles. The van der Waals surface area contributed by atoms with Crippen LogP contribution in [-0.4, -0.2) is 28.4 Å². The lowest BCUT2D eigenvalue weighted by atomic mass is 9.68. The van der Waals surface area contributed by atoms with Crippen molar-refractivity contribution in [3.63, 3.8) is 0 Å². The molecule has 3 rings (SSSR count). The van der Waals surface area contributed by atoms with Crippen molar-refractivity contribution in [3.05, 3.63) is 40.4 Å². The van der Waals surface area contributed by atoms with Crippen LogP contribution in [-0.2, 0) is 15.6 Å². The van der Waals surface area contributed by atoms with E-state index in [4.69, 9.17) is 4.98 Å². The molecule has 0 bridgehead atoms. The van der Waals surface area contributed by atoms with Crippen molar-refractivity contribution in [3.8, 4) is 0 Å². The highest BCUT2D eigenvalue weighted by Gasteiger charge is 2.46. The summed E-state index contributed by atoms with van der Waals surface area (Å²) in [5, 5.41) is 10.0. The molecule has 0 unspecified atom stereocenters. The third kappa shape index (κ3) is 3.58. The minimum Gasteiger partial charge on any atom is -0.478 e. The second kappa shape index (κ2) is 6.99. The van der Waals surface area contributed by atoms with Crippen LogP contribution in [0.3, 0.4) is 0 Å². The number of thiazole rings is 1. The van der Waals surface area contributed by atoms with E-state index in [0.29, 0.717) is 12.3 Å². The number of ketones is 1. The van der Waals surface area contributed by atoms with E-state index in [1.165, 1.54) is 4.88 Å². The van der Waals surface area contributed by atoms with Gasteiger partial charge in [-0.1, -0.05) is 27.7 Å². The number of fused-ring (bicyclic) bond motifs is 1. The first-order valence-corrected chi connectivity index (χ1v) is 10.4. The van der Waals surface area contributed by atoms with Crippen molar-refractivity contribution < 1.29 is 14.7 Å². The zero-order valence-corrected chi connectivity index (χ0v) is 18.2. The van der Waals surface area contributed by atoms with Crippen LogP contribution < -0.4 is 4.90 Å². The Morgan fingerprint density at radius 3 is 2.36 bits per heavy atom. The molecule has 0 radical (unpaired) electrons. The summed E-state index contributed by atoms with van der Waals surface area (Å²) >= 11 is 1.65. The number of Topliss-reactive ketones (excluding diaryl/α,β-unsaturated/α-hetero) is 1. The van der Waals surface area contributed by atoms with Gasteiger partial charge in [0.15, 0.2) is 5.13 Å². The van der Waals surface area contributed by atoms with E-state index in [-0.39, 0.29) is 16.8 Å². The number of benzene rings is 1. The molecule has 1 aromatic heterocycles. The Kier molecular flexibility index (Phi) is 5.13. The number of rotatable bonds is 5. The van der Waals surface area contributed by atoms with Gasteiger partial charge in [-0.2, -0.15) is 0 Å². The van der Waals surface area contributed by atoms with Crippen LogP contribution in [0.15, 0.2) is 24.3 Å². The third-order valence-electron chi connectivity index (χ3n) is 5.33. The van der Waals surface area contributed by atoms with Crippen molar-refractivity contribution in [2.45, 2.75) is 58.8 Å². The fourth-order valence-corrected chi connectivity index (χ4v) is 4.94. The molecule has 0 aliphatic heterocycles. The first-order valence-electron chi connectivity index (χ1n) is 9.59. The van der Waals surface area contributed by atoms with Crippen molar-refractivity contribution in [2.75, 3.05) is 11.4 Å². The topological polar surface area (TPSA) is 70.5 Å². The molecular weight excluding hydrogens is 372 g/mol. The molecule has 1 aliphatic rings. The SMILES string of the molecule is CC(C)CN(c1ccc(C(=O)O)cc1)c1nc2c(s1)C(C)(C)CC(=O)C2(C)C. The molecule has 5 nitrogen and oxygen atoms in total. The first kappa shape index (κ1) is 20.5. The number of aromatic carboxylic acids is 1. The summed E-state index contributed by atoms with van der Waals surface area (Å²) in [7, 11) is 0. The lowest BCUT2D eigenvalue weighted by Crippen LogP contribution is -2.41. The van der Waals surface area contributed by atoms with Gasteiger partial charge >= 0.3 is 5.97 Å². The molecular formula is C22H28N2O3S. The van der Waals surface area contributed by atoms with Gasteiger partial charge in [-0.3, -0.25) is 4.79 Å². The fourth-order valence-electron chi connectivity index (χ4n) is 3.58. The molecule has 150 valence electrons. The van der Waals surface area contributed by atoms with Crippen molar-refractivity contribution in [1.29, 1.82) is 0 Å². The molecule has 0 spiro atoms. The normalized spacial score (nSPS) is 17.5. The van der Waals surface area contributed by atoms with Gasteiger partial charge in [0.25, 0.3) is 0 Å². The van der Waals surface area contributed by atoms with Gasteiger partial charge in [0.1, 0.15) is 5.78 Å². The molecule has 2 aromatic rings. The summed E-state index contributed by atoms with van der Waals surface area (Å²) in [6, 6.07) is 6.90. The minimum absolute atomic E-state index is 0.225. The number of aromatic nitrogens is 1. The van der Waals surface area contributed by atoms with Gasteiger partial charge in [0.2, 0.25) is 0 Å². The highest BCUT2D eigenvalue weighted by molar-refractivity contribution is 7.16. The number of hydrogen-bond donors (Lipinski definition) is 1. The highest BCUT2D eigenvalue weighted by atomic mass is 32.1. The van der Waals surface area contributed by atoms with Crippen LogP contribution in [0.4, 0.5) is 10.8 Å². The molecule has 0 amide bonds. The van der Waals surface area contributed by atoms with Gasteiger partial charge in [-0.15, -0.1) is 11.3 Å². The number of nitrogens with zero attached hydrogens (tertiary/aromatic N) is 2. The van der Waals surface area contributed by atoms with E-state index in [2.05, 4.69) is 32.6 Å². The minimum atomic E-state index is -0.936. The Hall–Kier alpha value is -2.21. The average Bonchev–Trinajstić information content (AvgIpc) is 3.05. The van der Waals surface area contributed by atoms with Gasteiger partial charge in [0, 0.05) is 28.9 Å². The Morgan fingerprint density at radius 2 is 1.82 bits per heavy atom. The van der Waals surface area contributed by atoms with Crippen LogP contribution in [0, 0.1) is 5.92 Å². The summed E-state index contributed by atoms with van der Waals surface area (Å²) in [4.78, 5) is 32.1. The maximum absolute atomic E-state index is 12.7. The van der Waals surface area contributed by atoms with Crippen molar-refractivity contribution in [2.24, 2.45) is 5.92 Å². The Morgan fingerprint density at radius 1 is 1.21 bits per heavy atom. The molecule has 0 saturated carbocycles. The summed E-state index contributed by atoms with van der Waals surface area (Å²) in [6.45, 7) is 13.2. The van der Waals surface area contributed by atoms with Crippen LogP contribution >= 0.6 is 11.3 Å². The average molecular weight is 401 g/mol. The second-order valence-electron chi connectivity index (χ2n) is 9.14. The number of carboxylic acids is 1. The number of carbonyl (C=O) groups excluding carboxylic acids is 1. The highest BCUT2D eigenvalue weighted by Crippen LogP contribution is 2.48. The zero-order valence-electron chi connectivity index (χ0n) is 17.4. The molecule has 0 fully saturated rings. The summed E-state index contributed by atoms with van der Waals surface area (Å²) < 4.78 is 0. The van der Waals surface area contributed by atoms with E-state index in [9.17, 15) is 14.7 Å². The van der Waals surface area contributed by atoms with E-state index >= 15 is 0 Å². The molecule has 6 heteroatoms. The molecule has 28 heavy (non-hydrogen) atoms. The summed E-state index contributed by atoms with van der Waals surface area (Å²) in [5.74, 6) is -0.320. The number of anilines is 2. The fraction of sp³-hybridized carbons (Fsp3) is 0.500. The van der Waals surface area contributed by atoms with Crippen LogP contribution in [0.5, 0.6) is 0 Å². The monoisotopic (exact) mass is 400 g/mol. The van der Waals surface area contributed by atoms with Gasteiger partial charge in [-0.05, 0) is 44.0 Å². The van der Waals surface area contributed by atoms with E-state index < -0.39 is 11.4 Å². The zero-order chi connectivity index (χ0) is 20.9. The number of carbonyl (C=O) groups is 2. The van der Waals surface area contributed by atoms with E-state index in [0.717, 1.165) is 23.1 Å². The summed E-state index contributed by atoms with van der Waals surface area (Å²) in [5.41, 5.74) is 1.24.